The van der Waals surface area contributed by atoms with Crippen molar-refractivity contribution < 1.29 is 19.4 Å². The molecule has 5 rings (SSSR count). The SMILES string of the molecule is CCOC(=O)N1C(C(=O)O)CSC1C1=C(C)C(c2ccc(CC)s2)=N/C1=C\c1cc(C)c(-c2ccc(CC)s2)[nH]1. The third-order valence-electron chi connectivity index (χ3n) is 7.11. The molecule has 0 bridgehead atoms. The number of carboxylic acid groups (broad SMARTS) is 1. The average Bonchev–Trinajstić information content (AvgIpc) is 3.74. The minimum absolute atomic E-state index is 0.170. The van der Waals surface area contributed by atoms with Gasteiger partial charge in [-0.25, -0.2) is 14.6 Å². The van der Waals surface area contributed by atoms with Crippen molar-refractivity contribution in [2.75, 3.05) is 12.4 Å². The maximum absolute atomic E-state index is 13.1. The zero-order valence-corrected chi connectivity index (χ0v) is 25.7. The Labute approximate surface area is 246 Å². The van der Waals surface area contributed by atoms with Crippen LogP contribution in [-0.4, -0.2) is 56.5 Å². The number of carbonyl (C=O) groups excluding carboxylic acids is 1. The summed E-state index contributed by atoms with van der Waals surface area (Å²) >= 11 is 4.94. The van der Waals surface area contributed by atoms with Crippen LogP contribution in [0.15, 0.2) is 52.2 Å². The largest absolute Gasteiger partial charge is 0.480 e. The van der Waals surface area contributed by atoms with E-state index in [-0.39, 0.29) is 12.4 Å². The molecule has 1 fully saturated rings. The molecular formula is C30H33N3O4S3. The predicted molar refractivity (Wildman–Crippen MR) is 166 cm³/mol. The number of aryl methyl sites for hydroxylation is 3. The van der Waals surface area contributed by atoms with Crippen molar-refractivity contribution in [2.24, 2.45) is 4.99 Å². The van der Waals surface area contributed by atoms with Crippen molar-refractivity contribution in [3.63, 3.8) is 0 Å². The molecule has 0 aromatic carbocycles. The van der Waals surface area contributed by atoms with Gasteiger partial charge in [0.1, 0.15) is 11.4 Å². The predicted octanol–water partition coefficient (Wildman–Crippen LogP) is 7.38. The normalized spacial score (nSPS) is 20.1. The van der Waals surface area contributed by atoms with Crippen LogP contribution in [0.1, 0.15) is 53.6 Å². The van der Waals surface area contributed by atoms with Crippen molar-refractivity contribution in [3.05, 3.63) is 73.1 Å². The minimum atomic E-state index is -1.04. The first kappa shape index (κ1) is 28.4. The fourth-order valence-electron chi connectivity index (χ4n) is 5.05. The highest BCUT2D eigenvalue weighted by Crippen LogP contribution is 2.44. The Kier molecular flexibility index (Phi) is 8.39. The lowest BCUT2D eigenvalue weighted by molar-refractivity contribution is -0.141. The molecule has 0 radical (unpaired) electrons. The van der Waals surface area contributed by atoms with E-state index in [1.165, 1.54) is 31.3 Å². The number of allylic oxidation sites excluding steroid dienone is 1. The summed E-state index contributed by atoms with van der Waals surface area (Å²) in [5.41, 5.74) is 6.52. The van der Waals surface area contributed by atoms with Crippen LogP contribution >= 0.6 is 34.4 Å². The summed E-state index contributed by atoms with van der Waals surface area (Å²) in [5.74, 6) is -0.759. The molecule has 3 aromatic rings. The van der Waals surface area contributed by atoms with Gasteiger partial charge in [0.15, 0.2) is 0 Å². The highest BCUT2D eigenvalue weighted by molar-refractivity contribution is 8.00. The van der Waals surface area contributed by atoms with E-state index in [9.17, 15) is 14.7 Å². The van der Waals surface area contributed by atoms with E-state index in [0.29, 0.717) is 0 Å². The number of carboxylic acids is 1. The number of rotatable bonds is 8. The summed E-state index contributed by atoms with van der Waals surface area (Å²) in [6, 6.07) is 9.68. The highest BCUT2D eigenvalue weighted by atomic mass is 32.2. The van der Waals surface area contributed by atoms with Crippen LogP contribution in [0.2, 0.25) is 0 Å². The zero-order chi connectivity index (χ0) is 28.6. The molecule has 0 aliphatic carbocycles. The van der Waals surface area contributed by atoms with Crippen LogP contribution < -0.4 is 0 Å². The van der Waals surface area contributed by atoms with Crippen LogP contribution in [0, 0.1) is 6.92 Å². The van der Waals surface area contributed by atoms with Gasteiger partial charge in [-0.3, -0.25) is 4.90 Å². The van der Waals surface area contributed by atoms with Gasteiger partial charge < -0.3 is 14.8 Å². The van der Waals surface area contributed by atoms with Crippen LogP contribution in [0.5, 0.6) is 0 Å². The number of H-pyrrole nitrogens is 1. The topological polar surface area (TPSA) is 95.0 Å². The highest BCUT2D eigenvalue weighted by Gasteiger charge is 2.46. The number of nitrogens with one attached hydrogen (secondary N) is 1. The standard InChI is InChI=1S/C30H33N3O4S3/c1-6-19-9-11-23(39-19)26-16(4)13-18(31-26)14-21-25(17(5)27(32-21)24-12-10-20(7-2)40-24)28-33(30(36)37-8-3)22(15-38-28)29(34)35/h9-14,22,28,31H,6-8,15H2,1-5H3,(H,34,35)/b21-14-. The second-order valence-corrected chi connectivity index (χ2v) is 13.1. The van der Waals surface area contributed by atoms with E-state index in [0.717, 1.165) is 57.2 Å². The molecule has 5 heterocycles. The first-order valence-electron chi connectivity index (χ1n) is 13.4. The van der Waals surface area contributed by atoms with Crippen LogP contribution in [0.25, 0.3) is 16.6 Å². The Morgan fingerprint density at radius 2 is 1.77 bits per heavy atom. The lowest BCUT2D eigenvalue weighted by atomic mass is 10.0. The number of aromatic nitrogens is 1. The number of nitrogens with zero attached hydrogens (tertiary/aromatic N) is 2. The van der Waals surface area contributed by atoms with Crippen molar-refractivity contribution in [3.8, 4) is 10.6 Å². The quantitative estimate of drug-likeness (QED) is 0.283. The molecule has 0 spiro atoms. The first-order valence-corrected chi connectivity index (χ1v) is 16.1. The summed E-state index contributed by atoms with van der Waals surface area (Å²) in [5, 5.41) is 9.40. The van der Waals surface area contributed by atoms with E-state index in [2.05, 4.69) is 56.1 Å². The van der Waals surface area contributed by atoms with Gasteiger partial charge in [-0.2, -0.15) is 0 Å². The fraction of sp³-hybridized carbons (Fsp3) is 0.367. The average molecular weight is 596 g/mol. The van der Waals surface area contributed by atoms with Gasteiger partial charge in [-0.15, -0.1) is 34.4 Å². The molecule has 1 amide bonds. The number of hydrogen-bond acceptors (Lipinski definition) is 7. The summed E-state index contributed by atoms with van der Waals surface area (Å²) in [6.07, 6.45) is 3.34. The Morgan fingerprint density at radius 1 is 1.10 bits per heavy atom. The molecule has 210 valence electrons. The second-order valence-electron chi connectivity index (χ2n) is 9.70. The number of ether oxygens (including phenoxy) is 1. The maximum Gasteiger partial charge on any atom is 0.411 e. The molecule has 10 heteroatoms. The monoisotopic (exact) mass is 595 g/mol. The number of thioether (sulfide) groups is 1. The second kappa shape index (κ2) is 11.8. The number of aromatic amines is 1. The van der Waals surface area contributed by atoms with Crippen molar-refractivity contribution in [1.29, 1.82) is 0 Å². The van der Waals surface area contributed by atoms with Gasteiger partial charge in [0, 0.05) is 26.8 Å². The summed E-state index contributed by atoms with van der Waals surface area (Å²) in [6.45, 7) is 10.3. The Morgan fingerprint density at radius 3 is 2.40 bits per heavy atom. The van der Waals surface area contributed by atoms with Crippen LogP contribution in [-0.2, 0) is 22.4 Å². The summed E-state index contributed by atoms with van der Waals surface area (Å²) < 4.78 is 5.32. The molecule has 1 saturated heterocycles. The number of thiophene rings is 2. The zero-order valence-electron chi connectivity index (χ0n) is 23.2. The van der Waals surface area contributed by atoms with E-state index >= 15 is 0 Å². The Bertz CT molecular complexity index is 1540. The molecule has 40 heavy (non-hydrogen) atoms. The lowest BCUT2D eigenvalue weighted by Crippen LogP contribution is -2.46. The van der Waals surface area contributed by atoms with E-state index < -0.39 is 23.5 Å². The Hall–Kier alpha value is -3.08. The van der Waals surface area contributed by atoms with Crippen molar-refractivity contribution in [1.82, 2.24) is 9.88 Å². The maximum atomic E-state index is 13.1. The molecule has 2 unspecified atom stereocenters. The van der Waals surface area contributed by atoms with Crippen LogP contribution in [0.3, 0.4) is 0 Å². The van der Waals surface area contributed by atoms with Gasteiger partial charge in [-0.1, -0.05) is 13.8 Å². The number of amides is 1. The molecule has 2 aliphatic rings. The molecule has 2 atom stereocenters. The van der Waals surface area contributed by atoms with E-state index in [1.54, 1.807) is 29.6 Å². The Balaban J connectivity index is 1.61. The summed E-state index contributed by atoms with van der Waals surface area (Å²) in [7, 11) is 0. The van der Waals surface area contributed by atoms with Crippen LogP contribution in [0.4, 0.5) is 4.79 Å². The van der Waals surface area contributed by atoms with Gasteiger partial charge in [-0.05, 0) is 81.2 Å². The van der Waals surface area contributed by atoms with E-state index in [4.69, 9.17) is 9.73 Å². The smallest absolute Gasteiger partial charge is 0.411 e. The number of aliphatic carboxylic acids is 1. The van der Waals surface area contributed by atoms with Gasteiger partial charge >= 0.3 is 12.1 Å². The molecule has 2 N–H and O–H groups in total. The number of hydrogen-bond donors (Lipinski definition) is 2. The number of aliphatic imine (C=N–C) groups is 1. The summed E-state index contributed by atoms with van der Waals surface area (Å²) in [4.78, 5) is 40.1. The van der Waals surface area contributed by atoms with E-state index in [1.807, 2.05) is 13.0 Å². The van der Waals surface area contributed by atoms with Gasteiger partial charge in [0.2, 0.25) is 0 Å². The minimum Gasteiger partial charge on any atom is -0.480 e. The first-order chi connectivity index (χ1) is 19.2. The van der Waals surface area contributed by atoms with Crippen molar-refractivity contribution in [2.45, 2.75) is 58.9 Å². The molecule has 7 nitrogen and oxygen atoms in total. The molecule has 0 saturated carbocycles. The lowest BCUT2D eigenvalue weighted by Gasteiger charge is -2.28. The third-order valence-corrected chi connectivity index (χ3v) is 10.9. The number of carbonyl (C=O) groups is 2. The van der Waals surface area contributed by atoms with Gasteiger partial charge in [0.05, 0.1) is 33.5 Å². The van der Waals surface area contributed by atoms with Gasteiger partial charge in [0.25, 0.3) is 0 Å². The molecule has 2 aliphatic heterocycles. The van der Waals surface area contributed by atoms with Crippen molar-refractivity contribution >= 4 is 58.3 Å². The molecular weight excluding hydrogens is 563 g/mol. The third kappa shape index (κ3) is 5.32. The molecule has 3 aromatic heterocycles. The fourth-order valence-corrected chi connectivity index (χ4v) is 8.58.